The van der Waals surface area contributed by atoms with E-state index in [9.17, 15) is 0 Å². The molecule has 128 valence electrons. The van der Waals surface area contributed by atoms with Crippen molar-refractivity contribution in [3.05, 3.63) is 59.3 Å². The quantitative estimate of drug-likeness (QED) is 0.777. The number of aryl methyl sites for hydroxylation is 2. The maximum absolute atomic E-state index is 4.87. The zero-order chi connectivity index (χ0) is 16.9. The number of nitrogens with one attached hydrogen (secondary N) is 1. The van der Waals surface area contributed by atoms with Crippen LogP contribution in [0.15, 0.2) is 36.7 Å². The molecule has 1 unspecified atom stereocenters. The zero-order valence-electron chi connectivity index (χ0n) is 14.8. The van der Waals surface area contributed by atoms with Gasteiger partial charge in [-0.2, -0.15) is 0 Å². The summed E-state index contributed by atoms with van der Waals surface area (Å²) in [4.78, 5) is 15.3. The number of aromatic nitrogens is 3. The van der Waals surface area contributed by atoms with Gasteiger partial charge in [0.15, 0.2) is 0 Å². The average Bonchev–Trinajstić information content (AvgIpc) is 3.22. The van der Waals surface area contributed by atoms with Crippen molar-refractivity contribution in [1.82, 2.24) is 19.9 Å². The Balaban J connectivity index is 1.44. The Morgan fingerprint density at radius 1 is 1.24 bits per heavy atom. The van der Waals surface area contributed by atoms with Gasteiger partial charge >= 0.3 is 0 Å². The van der Waals surface area contributed by atoms with Gasteiger partial charge in [-0.15, -0.1) is 0 Å². The van der Waals surface area contributed by atoms with Crippen molar-refractivity contribution in [3.8, 4) is 0 Å². The molecule has 1 aliphatic carbocycles. The monoisotopic (exact) mass is 332 g/mol. The Morgan fingerprint density at radius 3 is 3.16 bits per heavy atom. The molecule has 1 atom stereocenters. The number of hydrogen-bond acceptors (Lipinski definition) is 3. The summed E-state index contributed by atoms with van der Waals surface area (Å²) in [6.45, 7) is 5.34. The van der Waals surface area contributed by atoms with Crippen LogP contribution in [0.25, 0.3) is 10.9 Å². The highest BCUT2D eigenvalue weighted by Crippen LogP contribution is 2.44. The molecule has 3 heterocycles. The number of nitrogens with zero attached hydrogens (tertiary/aromatic N) is 3. The molecule has 0 bridgehead atoms. The molecular formula is C21H24N4. The second-order valence-corrected chi connectivity index (χ2v) is 7.74. The van der Waals surface area contributed by atoms with Crippen LogP contribution in [-0.2, 0) is 18.4 Å². The van der Waals surface area contributed by atoms with E-state index in [2.05, 4.69) is 45.3 Å². The van der Waals surface area contributed by atoms with Crippen molar-refractivity contribution in [2.24, 2.45) is 0 Å². The fourth-order valence-electron chi connectivity index (χ4n) is 4.92. The lowest BCUT2D eigenvalue weighted by molar-refractivity contribution is 0.137. The lowest BCUT2D eigenvalue weighted by atomic mass is 9.77. The van der Waals surface area contributed by atoms with Gasteiger partial charge in [0.05, 0.1) is 5.69 Å². The van der Waals surface area contributed by atoms with Crippen molar-refractivity contribution in [2.45, 2.75) is 44.6 Å². The topological polar surface area (TPSA) is 44.8 Å². The lowest BCUT2D eigenvalue weighted by Gasteiger charge is -2.40. The van der Waals surface area contributed by atoms with Crippen LogP contribution in [0.1, 0.15) is 41.9 Å². The first kappa shape index (κ1) is 15.1. The van der Waals surface area contributed by atoms with Gasteiger partial charge in [-0.25, -0.2) is 9.97 Å². The number of piperidine rings is 1. The SMILES string of the molecule is Cc1ncc2c(n1)C1(CCCN(Cc3cccc4[nH]ccc34)C1)CC2. The van der Waals surface area contributed by atoms with Crippen LogP contribution in [0.4, 0.5) is 0 Å². The van der Waals surface area contributed by atoms with Gasteiger partial charge in [0.1, 0.15) is 5.82 Å². The maximum atomic E-state index is 4.87. The van der Waals surface area contributed by atoms with Gasteiger partial charge in [0, 0.05) is 41.8 Å². The summed E-state index contributed by atoms with van der Waals surface area (Å²) in [6, 6.07) is 8.79. The van der Waals surface area contributed by atoms with Crippen LogP contribution in [0.5, 0.6) is 0 Å². The van der Waals surface area contributed by atoms with E-state index in [1.807, 2.05) is 13.1 Å². The smallest absolute Gasteiger partial charge is 0.125 e. The molecule has 25 heavy (non-hydrogen) atoms. The largest absolute Gasteiger partial charge is 0.361 e. The van der Waals surface area contributed by atoms with Gasteiger partial charge in [-0.05, 0) is 62.4 Å². The molecular weight excluding hydrogens is 308 g/mol. The van der Waals surface area contributed by atoms with E-state index in [1.165, 1.54) is 53.5 Å². The fraction of sp³-hybridized carbons (Fsp3) is 0.429. The van der Waals surface area contributed by atoms with E-state index in [1.54, 1.807) is 0 Å². The second kappa shape index (κ2) is 5.67. The number of aromatic amines is 1. The molecule has 0 saturated carbocycles. The number of fused-ring (bicyclic) bond motifs is 3. The summed E-state index contributed by atoms with van der Waals surface area (Å²) in [5.74, 6) is 0.911. The molecule has 1 saturated heterocycles. The predicted molar refractivity (Wildman–Crippen MR) is 99.6 cm³/mol. The first-order chi connectivity index (χ1) is 12.2. The van der Waals surface area contributed by atoms with Crippen LogP contribution < -0.4 is 0 Å². The highest BCUT2D eigenvalue weighted by molar-refractivity contribution is 5.82. The molecule has 1 aromatic carbocycles. The summed E-state index contributed by atoms with van der Waals surface area (Å²) >= 11 is 0. The molecule has 1 N–H and O–H groups in total. The Kier molecular flexibility index (Phi) is 3.42. The van der Waals surface area contributed by atoms with E-state index in [-0.39, 0.29) is 5.41 Å². The third-order valence-electron chi connectivity index (χ3n) is 6.10. The van der Waals surface area contributed by atoms with Crippen LogP contribution in [0, 0.1) is 6.92 Å². The summed E-state index contributed by atoms with van der Waals surface area (Å²) in [6.07, 6.45) is 8.99. The van der Waals surface area contributed by atoms with E-state index in [0.29, 0.717) is 0 Å². The van der Waals surface area contributed by atoms with Gasteiger partial charge in [-0.1, -0.05) is 12.1 Å². The van der Waals surface area contributed by atoms with E-state index in [0.717, 1.165) is 25.3 Å². The van der Waals surface area contributed by atoms with Crippen molar-refractivity contribution in [1.29, 1.82) is 0 Å². The van der Waals surface area contributed by atoms with Crippen molar-refractivity contribution in [3.63, 3.8) is 0 Å². The van der Waals surface area contributed by atoms with Crippen LogP contribution in [0.2, 0.25) is 0 Å². The van der Waals surface area contributed by atoms with Crippen molar-refractivity contribution < 1.29 is 0 Å². The van der Waals surface area contributed by atoms with Crippen molar-refractivity contribution in [2.75, 3.05) is 13.1 Å². The normalized spacial score (nSPS) is 23.4. The van der Waals surface area contributed by atoms with Crippen LogP contribution in [0.3, 0.4) is 0 Å². The van der Waals surface area contributed by atoms with Gasteiger partial charge in [0.25, 0.3) is 0 Å². The zero-order valence-corrected chi connectivity index (χ0v) is 14.8. The van der Waals surface area contributed by atoms with Gasteiger partial charge in [0.2, 0.25) is 0 Å². The lowest BCUT2D eigenvalue weighted by Crippen LogP contribution is -2.45. The minimum absolute atomic E-state index is 0.243. The Bertz CT molecular complexity index is 925. The summed E-state index contributed by atoms with van der Waals surface area (Å²) in [7, 11) is 0. The Morgan fingerprint density at radius 2 is 2.20 bits per heavy atom. The second-order valence-electron chi connectivity index (χ2n) is 7.74. The number of H-pyrrole nitrogens is 1. The number of rotatable bonds is 2. The molecule has 1 fully saturated rings. The third-order valence-corrected chi connectivity index (χ3v) is 6.10. The molecule has 2 aliphatic rings. The summed E-state index contributed by atoms with van der Waals surface area (Å²) < 4.78 is 0. The van der Waals surface area contributed by atoms with Gasteiger partial charge < -0.3 is 4.98 Å². The molecule has 4 heteroatoms. The molecule has 5 rings (SSSR count). The van der Waals surface area contributed by atoms with E-state index >= 15 is 0 Å². The number of hydrogen-bond donors (Lipinski definition) is 1. The molecule has 1 aliphatic heterocycles. The Hall–Kier alpha value is -2.20. The standard InChI is InChI=1S/C21H24N4/c1-15-23-12-16-6-9-21(20(16)24-15)8-3-11-25(14-21)13-17-4-2-5-19-18(17)7-10-22-19/h2,4-5,7,10,12,22H,3,6,8-9,11,13-14H2,1H3. The molecule has 3 aromatic rings. The first-order valence-corrected chi connectivity index (χ1v) is 9.34. The van der Waals surface area contributed by atoms with Crippen LogP contribution in [-0.4, -0.2) is 32.9 Å². The van der Waals surface area contributed by atoms with E-state index in [4.69, 9.17) is 4.98 Å². The minimum atomic E-state index is 0.243. The number of likely N-dealkylation sites (tertiary alicyclic amines) is 1. The number of benzene rings is 1. The molecule has 0 radical (unpaired) electrons. The molecule has 2 aromatic heterocycles. The maximum Gasteiger partial charge on any atom is 0.125 e. The molecule has 1 spiro atoms. The molecule has 4 nitrogen and oxygen atoms in total. The van der Waals surface area contributed by atoms with Crippen LogP contribution >= 0.6 is 0 Å². The Labute approximate surface area is 148 Å². The third kappa shape index (κ3) is 2.47. The highest BCUT2D eigenvalue weighted by Gasteiger charge is 2.43. The summed E-state index contributed by atoms with van der Waals surface area (Å²) in [5.41, 5.74) is 5.62. The summed E-state index contributed by atoms with van der Waals surface area (Å²) in [5, 5.41) is 1.35. The average molecular weight is 332 g/mol. The fourth-order valence-corrected chi connectivity index (χ4v) is 4.92. The predicted octanol–water partition coefficient (Wildman–Crippen LogP) is 3.75. The highest BCUT2D eigenvalue weighted by atomic mass is 15.1. The molecule has 0 amide bonds. The first-order valence-electron chi connectivity index (χ1n) is 9.34. The van der Waals surface area contributed by atoms with Crippen molar-refractivity contribution >= 4 is 10.9 Å². The van der Waals surface area contributed by atoms with Gasteiger partial charge in [-0.3, -0.25) is 4.90 Å². The minimum Gasteiger partial charge on any atom is -0.361 e. The van der Waals surface area contributed by atoms with E-state index < -0.39 is 0 Å².